The number of aliphatic hydroxyl groups is 1. The van der Waals surface area contributed by atoms with E-state index in [4.69, 9.17) is 4.74 Å². The van der Waals surface area contributed by atoms with Gasteiger partial charge in [-0.15, -0.1) is 0 Å². The highest BCUT2D eigenvalue weighted by Crippen LogP contribution is 2.18. The summed E-state index contributed by atoms with van der Waals surface area (Å²) in [4.78, 5) is 11.8. The molecule has 1 saturated carbocycles. The molecule has 4 heteroatoms. The summed E-state index contributed by atoms with van der Waals surface area (Å²) < 4.78 is 5.51. The van der Waals surface area contributed by atoms with Gasteiger partial charge in [-0.1, -0.05) is 30.3 Å². The fourth-order valence-electron chi connectivity index (χ4n) is 2.62. The Labute approximate surface area is 126 Å². The maximum Gasteiger partial charge on any atom is 0.222 e. The summed E-state index contributed by atoms with van der Waals surface area (Å²) in [6.07, 6.45) is 4.44. The van der Waals surface area contributed by atoms with Gasteiger partial charge in [-0.05, 0) is 37.7 Å². The zero-order valence-electron chi connectivity index (χ0n) is 12.5. The summed E-state index contributed by atoms with van der Waals surface area (Å²) in [6, 6.07) is 10.4. The Morgan fingerprint density at radius 2 is 1.86 bits per heavy atom. The summed E-state index contributed by atoms with van der Waals surface area (Å²) in [5, 5.41) is 12.4. The van der Waals surface area contributed by atoms with Crippen LogP contribution >= 0.6 is 0 Å². The van der Waals surface area contributed by atoms with Crippen molar-refractivity contribution in [1.29, 1.82) is 0 Å². The summed E-state index contributed by atoms with van der Waals surface area (Å²) in [5.41, 5.74) is 1.25. The number of carbonyl (C=O) groups is 1. The smallest absolute Gasteiger partial charge is 0.222 e. The van der Waals surface area contributed by atoms with Crippen LogP contribution in [0.2, 0.25) is 0 Å². The van der Waals surface area contributed by atoms with Gasteiger partial charge >= 0.3 is 0 Å². The van der Waals surface area contributed by atoms with Crippen molar-refractivity contribution in [3.05, 3.63) is 35.9 Å². The van der Waals surface area contributed by atoms with Crippen LogP contribution in [0.1, 0.15) is 37.7 Å². The standard InChI is InChI=1S/C17H25NO3/c19-16-8-6-15(7-9-16)18-17(20)11-13-21-12-10-14-4-2-1-3-5-14/h1-5,15-16,19H,6-13H2,(H,18,20). The van der Waals surface area contributed by atoms with Crippen LogP contribution in [-0.4, -0.2) is 36.4 Å². The van der Waals surface area contributed by atoms with Crippen LogP contribution in [0.15, 0.2) is 30.3 Å². The molecule has 4 nitrogen and oxygen atoms in total. The van der Waals surface area contributed by atoms with Gasteiger partial charge in [-0.3, -0.25) is 4.79 Å². The third-order valence-corrected chi connectivity index (χ3v) is 3.91. The van der Waals surface area contributed by atoms with Crippen molar-refractivity contribution in [3.8, 4) is 0 Å². The van der Waals surface area contributed by atoms with Gasteiger partial charge < -0.3 is 15.2 Å². The van der Waals surface area contributed by atoms with Crippen molar-refractivity contribution < 1.29 is 14.6 Å². The zero-order chi connectivity index (χ0) is 14.9. The molecule has 0 aromatic heterocycles. The first-order valence-corrected chi connectivity index (χ1v) is 7.83. The molecule has 2 N–H and O–H groups in total. The van der Waals surface area contributed by atoms with Crippen LogP contribution in [0.4, 0.5) is 0 Å². The van der Waals surface area contributed by atoms with Gasteiger partial charge in [0.05, 0.1) is 19.3 Å². The molecule has 2 rings (SSSR count). The van der Waals surface area contributed by atoms with E-state index in [-0.39, 0.29) is 18.1 Å². The van der Waals surface area contributed by atoms with Gasteiger partial charge in [-0.25, -0.2) is 0 Å². The Balaban J connectivity index is 1.51. The van der Waals surface area contributed by atoms with Gasteiger partial charge in [0.1, 0.15) is 0 Å². The number of nitrogens with one attached hydrogen (secondary N) is 1. The molecule has 1 aliphatic rings. The topological polar surface area (TPSA) is 58.6 Å². The lowest BCUT2D eigenvalue weighted by molar-refractivity contribution is -0.123. The van der Waals surface area contributed by atoms with E-state index in [9.17, 15) is 9.90 Å². The molecule has 1 aromatic rings. The van der Waals surface area contributed by atoms with Crippen LogP contribution in [0.3, 0.4) is 0 Å². The van der Waals surface area contributed by atoms with Crippen LogP contribution in [0.5, 0.6) is 0 Å². The second kappa shape index (κ2) is 8.80. The van der Waals surface area contributed by atoms with Crippen LogP contribution < -0.4 is 5.32 Å². The van der Waals surface area contributed by atoms with Crippen LogP contribution in [0, 0.1) is 0 Å². The van der Waals surface area contributed by atoms with E-state index < -0.39 is 0 Å². The van der Waals surface area contributed by atoms with E-state index in [1.54, 1.807) is 0 Å². The average Bonchev–Trinajstić information content (AvgIpc) is 2.50. The van der Waals surface area contributed by atoms with Gasteiger partial charge in [0.2, 0.25) is 5.91 Å². The number of rotatable bonds is 7. The highest BCUT2D eigenvalue weighted by Gasteiger charge is 2.20. The molecule has 0 atom stereocenters. The Hall–Kier alpha value is -1.39. The van der Waals surface area contributed by atoms with Gasteiger partial charge in [0, 0.05) is 12.5 Å². The van der Waals surface area contributed by atoms with Gasteiger partial charge in [-0.2, -0.15) is 0 Å². The van der Waals surface area contributed by atoms with E-state index in [2.05, 4.69) is 17.4 Å². The number of hydrogen-bond donors (Lipinski definition) is 2. The summed E-state index contributed by atoms with van der Waals surface area (Å²) in [5.74, 6) is 0.0519. The van der Waals surface area contributed by atoms with Crippen molar-refractivity contribution in [3.63, 3.8) is 0 Å². The first-order valence-electron chi connectivity index (χ1n) is 7.83. The molecule has 0 spiro atoms. The lowest BCUT2D eigenvalue weighted by Gasteiger charge is -2.26. The normalized spacial score (nSPS) is 22.0. The molecular formula is C17H25NO3. The fraction of sp³-hybridized carbons (Fsp3) is 0.588. The van der Waals surface area contributed by atoms with E-state index >= 15 is 0 Å². The average molecular weight is 291 g/mol. The quantitative estimate of drug-likeness (QED) is 0.756. The highest BCUT2D eigenvalue weighted by atomic mass is 16.5. The molecule has 0 bridgehead atoms. The SMILES string of the molecule is O=C(CCOCCc1ccccc1)NC1CCC(O)CC1. The molecule has 21 heavy (non-hydrogen) atoms. The minimum absolute atomic E-state index is 0.0519. The number of hydrogen-bond acceptors (Lipinski definition) is 3. The Morgan fingerprint density at radius 1 is 1.14 bits per heavy atom. The second-order valence-electron chi connectivity index (χ2n) is 5.67. The van der Waals surface area contributed by atoms with E-state index in [0.29, 0.717) is 19.6 Å². The number of ether oxygens (including phenoxy) is 1. The summed E-state index contributed by atoms with van der Waals surface area (Å²) >= 11 is 0. The summed E-state index contributed by atoms with van der Waals surface area (Å²) in [7, 11) is 0. The van der Waals surface area contributed by atoms with E-state index in [0.717, 1.165) is 32.1 Å². The molecule has 1 aliphatic carbocycles. The molecule has 1 fully saturated rings. The van der Waals surface area contributed by atoms with Gasteiger partial charge in [0.25, 0.3) is 0 Å². The van der Waals surface area contributed by atoms with Crippen molar-refractivity contribution >= 4 is 5.91 Å². The Bertz CT molecular complexity index is 413. The molecule has 0 saturated heterocycles. The summed E-state index contributed by atoms with van der Waals surface area (Å²) in [6.45, 7) is 1.11. The Kier molecular flexibility index (Phi) is 6.70. The van der Waals surface area contributed by atoms with Crippen LogP contribution in [0.25, 0.3) is 0 Å². The molecule has 0 aliphatic heterocycles. The van der Waals surface area contributed by atoms with Crippen molar-refractivity contribution in [1.82, 2.24) is 5.32 Å². The van der Waals surface area contributed by atoms with E-state index in [1.165, 1.54) is 5.56 Å². The molecule has 1 aromatic carbocycles. The van der Waals surface area contributed by atoms with Gasteiger partial charge in [0.15, 0.2) is 0 Å². The lowest BCUT2D eigenvalue weighted by atomic mass is 9.93. The first kappa shape index (κ1) is 16.0. The number of benzene rings is 1. The molecule has 1 amide bonds. The second-order valence-corrected chi connectivity index (χ2v) is 5.67. The van der Waals surface area contributed by atoms with E-state index in [1.807, 2.05) is 18.2 Å². The third kappa shape index (κ3) is 6.27. The predicted octanol–water partition coefficient (Wildman–Crippen LogP) is 2.06. The monoisotopic (exact) mass is 291 g/mol. The molecule has 0 heterocycles. The molecule has 0 radical (unpaired) electrons. The van der Waals surface area contributed by atoms with Crippen molar-refractivity contribution in [2.24, 2.45) is 0 Å². The lowest BCUT2D eigenvalue weighted by Crippen LogP contribution is -2.38. The zero-order valence-corrected chi connectivity index (χ0v) is 12.5. The molecule has 0 unspecified atom stereocenters. The highest BCUT2D eigenvalue weighted by molar-refractivity contribution is 5.76. The fourth-order valence-corrected chi connectivity index (χ4v) is 2.62. The predicted molar refractivity (Wildman–Crippen MR) is 82.0 cm³/mol. The third-order valence-electron chi connectivity index (χ3n) is 3.91. The van der Waals surface area contributed by atoms with Crippen molar-refractivity contribution in [2.75, 3.05) is 13.2 Å². The first-order chi connectivity index (χ1) is 10.2. The Morgan fingerprint density at radius 3 is 2.57 bits per heavy atom. The largest absolute Gasteiger partial charge is 0.393 e. The van der Waals surface area contributed by atoms with Crippen LogP contribution in [-0.2, 0) is 16.0 Å². The van der Waals surface area contributed by atoms with Crippen molar-refractivity contribution in [2.45, 2.75) is 50.7 Å². The number of aliphatic hydroxyl groups excluding tert-OH is 1. The maximum atomic E-state index is 11.8. The number of amides is 1. The minimum Gasteiger partial charge on any atom is -0.393 e. The minimum atomic E-state index is -0.181. The molecule has 116 valence electrons. The number of carbonyl (C=O) groups excluding carboxylic acids is 1. The maximum absolute atomic E-state index is 11.8. The molecular weight excluding hydrogens is 266 g/mol.